The van der Waals surface area contributed by atoms with E-state index in [4.69, 9.17) is 5.73 Å². The van der Waals surface area contributed by atoms with E-state index in [9.17, 15) is 13.2 Å². The van der Waals surface area contributed by atoms with Crippen LogP contribution < -0.4 is 11.1 Å². The smallest absolute Gasteiger partial charge is 0.243 e. The lowest BCUT2D eigenvalue weighted by Gasteiger charge is -2.21. The van der Waals surface area contributed by atoms with Crippen LogP contribution in [-0.4, -0.2) is 37.8 Å². The number of nitrogens with one attached hydrogen (secondary N) is 1. The third-order valence-electron chi connectivity index (χ3n) is 3.64. The number of sulfonamides is 1. The van der Waals surface area contributed by atoms with Crippen molar-refractivity contribution in [2.75, 3.05) is 7.05 Å². The summed E-state index contributed by atoms with van der Waals surface area (Å²) in [5.74, 6) is -0.0569. The Bertz CT molecular complexity index is 616. The van der Waals surface area contributed by atoms with Gasteiger partial charge in [0.2, 0.25) is 15.9 Å². The van der Waals surface area contributed by atoms with E-state index in [-0.39, 0.29) is 35.3 Å². The highest BCUT2D eigenvalue weighted by molar-refractivity contribution is 7.89. The van der Waals surface area contributed by atoms with Crippen molar-refractivity contribution in [3.63, 3.8) is 0 Å². The second kappa shape index (κ2) is 9.98. The Balaban J connectivity index is 0.00000529. The highest BCUT2D eigenvalue weighted by Gasteiger charge is 2.22. The van der Waals surface area contributed by atoms with Gasteiger partial charge in [0.1, 0.15) is 0 Å². The lowest BCUT2D eigenvalue weighted by Crippen LogP contribution is -2.33. The van der Waals surface area contributed by atoms with Crippen molar-refractivity contribution >= 4 is 28.3 Å². The van der Waals surface area contributed by atoms with Crippen LogP contribution in [0.2, 0.25) is 0 Å². The van der Waals surface area contributed by atoms with Gasteiger partial charge in [-0.25, -0.2) is 8.42 Å². The Labute approximate surface area is 151 Å². The van der Waals surface area contributed by atoms with Crippen LogP contribution in [0.3, 0.4) is 0 Å². The average Bonchev–Trinajstić information content (AvgIpc) is 2.50. The molecule has 1 aromatic rings. The summed E-state index contributed by atoms with van der Waals surface area (Å²) in [5, 5.41) is 2.80. The highest BCUT2D eigenvalue weighted by Crippen LogP contribution is 2.17. The molecule has 0 aromatic heterocycles. The van der Waals surface area contributed by atoms with Gasteiger partial charge < -0.3 is 11.1 Å². The minimum Gasteiger partial charge on any atom is -0.352 e. The van der Waals surface area contributed by atoms with E-state index in [1.165, 1.54) is 4.31 Å². The number of hydrogen-bond acceptors (Lipinski definition) is 4. The summed E-state index contributed by atoms with van der Waals surface area (Å²) in [6.45, 7) is 5.88. The molecule has 1 amide bonds. The molecule has 1 atom stereocenters. The third kappa shape index (κ3) is 6.76. The molecule has 1 aromatic carbocycles. The largest absolute Gasteiger partial charge is 0.352 e. The molecule has 6 nitrogen and oxygen atoms in total. The molecule has 0 aliphatic heterocycles. The number of rotatable bonds is 8. The quantitative estimate of drug-likeness (QED) is 0.723. The Morgan fingerprint density at radius 2 is 1.75 bits per heavy atom. The van der Waals surface area contributed by atoms with E-state index in [0.29, 0.717) is 19.4 Å². The lowest BCUT2D eigenvalue weighted by atomic mass is 10.2. The minimum atomic E-state index is -3.47. The number of amides is 1. The Morgan fingerprint density at radius 3 is 2.21 bits per heavy atom. The molecule has 24 heavy (non-hydrogen) atoms. The molecule has 3 N–H and O–H groups in total. The molecule has 1 unspecified atom stereocenters. The molecule has 0 fully saturated rings. The molecule has 0 aliphatic rings. The van der Waals surface area contributed by atoms with E-state index in [0.717, 1.165) is 5.56 Å². The summed E-state index contributed by atoms with van der Waals surface area (Å²) in [4.78, 5) is 11.9. The van der Waals surface area contributed by atoms with Gasteiger partial charge in [-0.15, -0.1) is 12.4 Å². The standard InChI is InChI=1S/C16H27N3O3S.ClH/c1-12(2)19(4)23(21,22)15-8-6-14(7-9-15)11-18-16(20)10-5-13(3)17;/h6-9,12-13H,5,10-11,17H2,1-4H3,(H,18,20);1H. The molecule has 0 spiro atoms. The van der Waals surface area contributed by atoms with Gasteiger partial charge in [-0.2, -0.15) is 4.31 Å². The van der Waals surface area contributed by atoms with Crippen LogP contribution in [0.25, 0.3) is 0 Å². The van der Waals surface area contributed by atoms with Gasteiger partial charge in [0.15, 0.2) is 0 Å². The van der Waals surface area contributed by atoms with Crippen molar-refractivity contribution in [3.8, 4) is 0 Å². The number of benzene rings is 1. The van der Waals surface area contributed by atoms with Gasteiger partial charge in [0, 0.05) is 32.1 Å². The van der Waals surface area contributed by atoms with Crippen LogP contribution in [0, 0.1) is 0 Å². The number of carbonyl (C=O) groups is 1. The predicted octanol–water partition coefficient (Wildman–Crippen LogP) is 1.88. The van der Waals surface area contributed by atoms with Gasteiger partial charge in [0.05, 0.1) is 4.90 Å². The van der Waals surface area contributed by atoms with Gasteiger partial charge in [-0.1, -0.05) is 12.1 Å². The van der Waals surface area contributed by atoms with Crippen molar-refractivity contribution in [1.29, 1.82) is 0 Å². The second-order valence-corrected chi connectivity index (χ2v) is 8.05. The number of carbonyl (C=O) groups excluding carboxylic acids is 1. The molecule has 0 aliphatic carbocycles. The first kappa shape index (κ1) is 22.9. The Kier molecular flexibility index (Phi) is 9.50. The molecule has 0 radical (unpaired) electrons. The van der Waals surface area contributed by atoms with Crippen LogP contribution in [0.1, 0.15) is 39.2 Å². The van der Waals surface area contributed by atoms with E-state index < -0.39 is 10.0 Å². The van der Waals surface area contributed by atoms with Crippen LogP contribution in [0.15, 0.2) is 29.2 Å². The number of nitrogens with zero attached hydrogens (tertiary/aromatic N) is 1. The maximum atomic E-state index is 12.3. The predicted molar refractivity (Wildman–Crippen MR) is 98.5 cm³/mol. The Hall–Kier alpha value is -1.15. The van der Waals surface area contributed by atoms with E-state index in [1.54, 1.807) is 31.3 Å². The van der Waals surface area contributed by atoms with E-state index in [2.05, 4.69) is 5.32 Å². The molecule has 0 heterocycles. The molecule has 138 valence electrons. The van der Waals surface area contributed by atoms with Gasteiger partial charge in [0.25, 0.3) is 0 Å². The van der Waals surface area contributed by atoms with Crippen molar-refractivity contribution < 1.29 is 13.2 Å². The van der Waals surface area contributed by atoms with E-state index >= 15 is 0 Å². The lowest BCUT2D eigenvalue weighted by molar-refractivity contribution is -0.121. The first-order valence-electron chi connectivity index (χ1n) is 7.74. The van der Waals surface area contributed by atoms with Crippen molar-refractivity contribution in [2.24, 2.45) is 5.73 Å². The molecule has 0 saturated carbocycles. The summed E-state index contributed by atoms with van der Waals surface area (Å²) < 4.78 is 26.0. The fraction of sp³-hybridized carbons (Fsp3) is 0.562. The van der Waals surface area contributed by atoms with Crippen molar-refractivity contribution in [2.45, 2.75) is 57.1 Å². The summed E-state index contributed by atoms with van der Waals surface area (Å²) in [5.41, 5.74) is 6.46. The molecule has 8 heteroatoms. The zero-order chi connectivity index (χ0) is 17.6. The monoisotopic (exact) mass is 377 g/mol. The second-order valence-electron chi connectivity index (χ2n) is 6.05. The molecule has 0 saturated heterocycles. The van der Waals surface area contributed by atoms with Crippen LogP contribution >= 0.6 is 12.4 Å². The van der Waals surface area contributed by atoms with Crippen molar-refractivity contribution in [3.05, 3.63) is 29.8 Å². The van der Waals surface area contributed by atoms with Crippen LogP contribution in [-0.2, 0) is 21.4 Å². The topological polar surface area (TPSA) is 92.5 Å². The summed E-state index contributed by atoms with van der Waals surface area (Å²) in [6.07, 6.45) is 1.04. The number of halogens is 1. The van der Waals surface area contributed by atoms with Crippen LogP contribution in [0.4, 0.5) is 0 Å². The first-order chi connectivity index (χ1) is 10.6. The molecular formula is C16H28ClN3O3S. The minimum absolute atomic E-state index is 0. The van der Waals surface area contributed by atoms with Crippen molar-refractivity contribution in [1.82, 2.24) is 9.62 Å². The van der Waals surface area contributed by atoms with Gasteiger partial charge in [-0.3, -0.25) is 4.79 Å². The SMILES string of the molecule is CC(N)CCC(=O)NCc1ccc(S(=O)(=O)N(C)C(C)C)cc1.Cl. The first-order valence-corrected chi connectivity index (χ1v) is 9.18. The van der Waals surface area contributed by atoms with Crippen LogP contribution in [0.5, 0.6) is 0 Å². The molecular weight excluding hydrogens is 350 g/mol. The maximum Gasteiger partial charge on any atom is 0.243 e. The Morgan fingerprint density at radius 1 is 1.21 bits per heavy atom. The fourth-order valence-electron chi connectivity index (χ4n) is 1.87. The summed E-state index contributed by atoms with van der Waals surface area (Å²) in [7, 11) is -1.91. The molecule has 0 bridgehead atoms. The average molecular weight is 378 g/mol. The molecule has 1 rings (SSSR count). The summed E-state index contributed by atoms with van der Waals surface area (Å²) in [6, 6.07) is 6.46. The summed E-state index contributed by atoms with van der Waals surface area (Å²) >= 11 is 0. The van der Waals surface area contributed by atoms with E-state index in [1.807, 2.05) is 20.8 Å². The number of hydrogen-bond donors (Lipinski definition) is 2. The third-order valence-corrected chi connectivity index (χ3v) is 5.69. The fourth-order valence-corrected chi connectivity index (χ4v) is 3.24. The zero-order valence-corrected chi connectivity index (χ0v) is 16.3. The van der Waals surface area contributed by atoms with Gasteiger partial charge >= 0.3 is 0 Å². The maximum absolute atomic E-state index is 12.3. The zero-order valence-electron chi connectivity index (χ0n) is 14.7. The normalized spacial score (nSPS) is 12.8. The number of nitrogens with two attached hydrogens (primary N) is 1. The highest BCUT2D eigenvalue weighted by atomic mass is 35.5. The van der Waals surface area contributed by atoms with Gasteiger partial charge in [-0.05, 0) is 44.9 Å².